The first-order valence-corrected chi connectivity index (χ1v) is 8.22. The lowest BCUT2D eigenvalue weighted by molar-refractivity contribution is -0.127. The zero-order chi connectivity index (χ0) is 16.6. The van der Waals surface area contributed by atoms with Gasteiger partial charge in [-0.1, -0.05) is 18.2 Å². The van der Waals surface area contributed by atoms with Crippen molar-refractivity contribution < 1.29 is 9.59 Å². The van der Waals surface area contributed by atoms with Crippen LogP contribution in [0.1, 0.15) is 19.3 Å². The molecular weight excluding hydrogens is 302 g/mol. The number of carbonyl (C=O) groups is 2. The third kappa shape index (κ3) is 2.77. The van der Waals surface area contributed by atoms with Crippen molar-refractivity contribution in [3.63, 3.8) is 0 Å². The molecule has 2 aliphatic rings. The van der Waals surface area contributed by atoms with E-state index in [-0.39, 0.29) is 17.4 Å². The molecule has 1 aromatic carbocycles. The van der Waals surface area contributed by atoms with Gasteiger partial charge >= 0.3 is 0 Å². The van der Waals surface area contributed by atoms with Crippen molar-refractivity contribution in [1.29, 1.82) is 0 Å². The van der Waals surface area contributed by atoms with Crippen LogP contribution in [-0.2, 0) is 9.59 Å². The highest BCUT2D eigenvalue weighted by molar-refractivity contribution is 5.96. The van der Waals surface area contributed by atoms with Crippen molar-refractivity contribution in [1.82, 2.24) is 9.88 Å². The molecule has 0 radical (unpaired) electrons. The molecule has 1 aliphatic carbocycles. The molecule has 1 aromatic heterocycles. The number of anilines is 1. The van der Waals surface area contributed by atoms with Gasteiger partial charge in [-0.3, -0.25) is 14.6 Å². The van der Waals surface area contributed by atoms with E-state index in [2.05, 4.69) is 10.3 Å². The van der Waals surface area contributed by atoms with Crippen LogP contribution in [0.25, 0.3) is 11.1 Å². The van der Waals surface area contributed by atoms with E-state index in [1.54, 1.807) is 17.3 Å². The van der Waals surface area contributed by atoms with Crippen LogP contribution in [-0.4, -0.2) is 34.8 Å². The van der Waals surface area contributed by atoms with Gasteiger partial charge in [-0.05, 0) is 48.4 Å². The summed E-state index contributed by atoms with van der Waals surface area (Å²) in [4.78, 5) is 29.7. The van der Waals surface area contributed by atoms with Gasteiger partial charge in [-0.15, -0.1) is 0 Å². The highest BCUT2D eigenvalue weighted by Gasteiger charge is 2.53. The smallest absolute Gasteiger partial charge is 0.247 e. The van der Waals surface area contributed by atoms with E-state index in [1.807, 2.05) is 36.4 Å². The SMILES string of the molecule is O=CN1CC2(CC2)CC1C(=O)Nc1cccc(-c2cccnc2)c1. The number of nitrogens with zero attached hydrogens (tertiary/aromatic N) is 2. The molecule has 122 valence electrons. The van der Waals surface area contributed by atoms with Crippen molar-refractivity contribution >= 4 is 18.0 Å². The molecule has 2 amide bonds. The van der Waals surface area contributed by atoms with Crippen LogP contribution < -0.4 is 5.32 Å². The maximum absolute atomic E-state index is 12.6. The van der Waals surface area contributed by atoms with Crippen LogP contribution >= 0.6 is 0 Å². The highest BCUT2D eigenvalue weighted by atomic mass is 16.2. The second-order valence-corrected chi connectivity index (χ2v) is 6.81. The Morgan fingerprint density at radius 1 is 1.25 bits per heavy atom. The average Bonchev–Trinajstić information content (AvgIpc) is 3.26. The maximum atomic E-state index is 12.6. The Balaban J connectivity index is 1.51. The summed E-state index contributed by atoms with van der Waals surface area (Å²) in [6.45, 7) is 0.713. The maximum Gasteiger partial charge on any atom is 0.247 e. The number of rotatable bonds is 4. The number of benzene rings is 1. The van der Waals surface area contributed by atoms with Gasteiger partial charge in [0.2, 0.25) is 12.3 Å². The van der Waals surface area contributed by atoms with Gasteiger partial charge < -0.3 is 10.2 Å². The number of likely N-dealkylation sites (tertiary alicyclic amines) is 1. The van der Waals surface area contributed by atoms with E-state index in [1.165, 1.54) is 0 Å². The van der Waals surface area contributed by atoms with Crippen molar-refractivity contribution in [2.45, 2.75) is 25.3 Å². The molecule has 1 aliphatic heterocycles. The van der Waals surface area contributed by atoms with Crippen LogP contribution in [0, 0.1) is 5.41 Å². The van der Waals surface area contributed by atoms with Crippen LogP contribution in [0.15, 0.2) is 48.8 Å². The van der Waals surface area contributed by atoms with Crippen LogP contribution in [0.4, 0.5) is 5.69 Å². The molecule has 5 heteroatoms. The Morgan fingerprint density at radius 3 is 2.79 bits per heavy atom. The van der Waals surface area contributed by atoms with E-state index < -0.39 is 0 Å². The molecule has 2 aromatic rings. The summed E-state index contributed by atoms with van der Waals surface area (Å²) < 4.78 is 0. The van der Waals surface area contributed by atoms with Crippen molar-refractivity contribution in [2.24, 2.45) is 5.41 Å². The third-order valence-corrected chi connectivity index (χ3v) is 5.06. The topological polar surface area (TPSA) is 62.3 Å². The number of pyridine rings is 1. The van der Waals surface area contributed by atoms with Gasteiger partial charge in [0.25, 0.3) is 0 Å². The lowest BCUT2D eigenvalue weighted by Gasteiger charge is -2.19. The molecule has 0 bridgehead atoms. The molecule has 2 heterocycles. The fraction of sp³-hybridized carbons (Fsp3) is 0.316. The number of hydrogen-bond acceptors (Lipinski definition) is 3. The van der Waals surface area contributed by atoms with E-state index in [4.69, 9.17) is 0 Å². The number of hydrogen-bond donors (Lipinski definition) is 1. The number of nitrogens with one attached hydrogen (secondary N) is 1. The summed E-state index contributed by atoms with van der Waals surface area (Å²) in [7, 11) is 0. The molecular formula is C19H19N3O2. The van der Waals surface area contributed by atoms with E-state index in [0.29, 0.717) is 6.54 Å². The fourth-order valence-electron chi connectivity index (χ4n) is 3.52. The summed E-state index contributed by atoms with van der Waals surface area (Å²) in [6, 6.07) is 11.2. The Hall–Kier alpha value is -2.69. The lowest BCUT2D eigenvalue weighted by atomic mass is 10.0. The van der Waals surface area contributed by atoms with Crippen molar-refractivity contribution in [2.75, 3.05) is 11.9 Å². The van der Waals surface area contributed by atoms with Crippen molar-refractivity contribution in [3.05, 3.63) is 48.8 Å². The lowest BCUT2D eigenvalue weighted by Crippen LogP contribution is -2.38. The zero-order valence-electron chi connectivity index (χ0n) is 13.3. The fourth-order valence-corrected chi connectivity index (χ4v) is 3.52. The predicted octanol–water partition coefficient (Wildman–Crippen LogP) is 2.70. The van der Waals surface area contributed by atoms with E-state index >= 15 is 0 Å². The molecule has 1 saturated heterocycles. The summed E-state index contributed by atoms with van der Waals surface area (Å²) >= 11 is 0. The normalized spacial score (nSPS) is 20.8. The largest absolute Gasteiger partial charge is 0.333 e. The molecule has 5 nitrogen and oxygen atoms in total. The molecule has 24 heavy (non-hydrogen) atoms. The second kappa shape index (κ2) is 5.74. The first-order chi connectivity index (χ1) is 11.7. The second-order valence-electron chi connectivity index (χ2n) is 6.81. The Morgan fingerprint density at radius 2 is 2.08 bits per heavy atom. The summed E-state index contributed by atoms with van der Waals surface area (Å²) in [6.07, 6.45) is 7.36. The van der Waals surface area contributed by atoms with Crippen molar-refractivity contribution in [3.8, 4) is 11.1 Å². The first-order valence-electron chi connectivity index (χ1n) is 8.22. The zero-order valence-corrected chi connectivity index (χ0v) is 13.3. The minimum Gasteiger partial charge on any atom is -0.333 e. The molecule has 1 spiro atoms. The van der Waals surface area contributed by atoms with Gasteiger partial charge in [0, 0.05) is 30.2 Å². The van der Waals surface area contributed by atoms with Crippen LogP contribution in [0.5, 0.6) is 0 Å². The number of aromatic nitrogens is 1. The predicted molar refractivity (Wildman–Crippen MR) is 91.1 cm³/mol. The van der Waals surface area contributed by atoms with E-state index in [9.17, 15) is 9.59 Å². The van der Waals surface area contributed by atoms with Gasteiger partial charge in [0.15, 0.2) is 0 Å². The Kier molecular flexibility index (Phi) is 3.56. The summed E-state index contributed by atoms with van der Waals surface area (Å²) in [5.74, 6) is -0.103. The first kappa shape index (κ1) is 14.9. The van der Waals surface area contributed by atoms with Crippen LogP contribution in [0.3, 0.4) is 0 Å². The van der Waals surface area contributed by atoms with Gasteiger partial charge in [0.1, 0.15) is 6.04 Å². The highest BCUT2D eigenvalue weighted by Crippen LogP contribution is 2.54. The molecule has 1 unspecified atom stereocenters. The molecule has 1 atom stereocenters. The minimum absolute atomic E-state index is 0.103. The summed E-state index contributed by atoms with van der Waals surface area (Å²) in [5, 5.41) is 2.96. The standard InChI is InChI=1S/C19H19N3O2/c23-13-22-12-19(6-7-19)10-17(22)18(24)21-16-5-1-3-14(9-16)15-4-2-8-20-11-15/h1-5,8-9,11,13,17H,6-7,10,12H2,(H,21,24). The monoisotopic (exact) mass is 321 g/mol. The van der Waals surface area contributed by atoms with Crippen LogP contribution in [0.2, 0.25) is 0 Å². The average molecular weight is 321 g/mol. The third-order valence-electron chi connectivity index (χ3n) is 5.06. The molecule has 2 fully saturated rings. The molecule has 1 N–H and O–H groups in total. The number of carbonyl (C=O) groups excluding carboxylic acids is 2. The van der Waals surface area contributed by atoms with Gasteiger partial charge in [-0.2, -0.15) is 0 Å². The molecule has 4 rings (SSSR count). The Labute approximate surface area is 140 Å². The Bertz CT molecular complexity index is 771. The number of amides is 2. The van der Waals surface area contributed by atoms with Gasteiger partial charge in [-0.25, -0.2) is 0 Å². The molecule has 1 saturated carbocycles. The van der Waals surface area contributed by atoms with Gasteiger partial charge in [0.05, 0.1) is 0 Å². The quantitative estimate of drug-likeness (QED) is 0.881. The minimum atomic E-state index is -0.355. The van der Waals surface area contributed by atoms with E-state index in [0.717, 1.165) is 42.5 Å². The summed E-state index contributed by atoms with van der Waals surface area (Å²) in [5.41, 5.74) is 2.95.